The molecule has 31 heavy (non-hydrogen) atoms. The number of benzene rings is 3. The summed E-state index contributed by atoms with van der Waals surface area (Å²) in [6, 6.07) is 18.6. The molecule has 0 fully saturated rings. The number of hydrogen-bond acceptors (Lipinski definition) is 5. The van der Waals surface area contributed by atoms with Crippen LogP contribution in [0.15, 0.2) is 75.9 Å². The first-order chi connectivity index (χ1) is 14.8. The maximum Gasteiger partial charge on any atom is 0.344 e. The van der Waals surface area contributed by atoms with Crippen molar-refractivity contribution in [3.8, 4) is 11.1 Å². The van der Waals surface area contributed by atoms with Crippen molar-refractivity contribution in [2.75, 3.05) is 5.32 Å². The zero-order chi connectivity index (χ0) is 22.1. The van der Waals surface area contributed by atoms with Gasteiger partial charge in [-0.3, -0.25) is 14.9 Å². The number of para-hydroxylation sites is 1. The molecule has 1 N–H and O–H groups in total. The molecule has 0 aliphatic heterocycles. The smallest absolute Gasteiger partial charge is 0.344 e. The molecule has 4 rings (SSSR count). The van der Waals surface area contributed by atoms with E-state index in [1.807, 2.05) is 19.1 Å². The molecule has 0 aliphatic carbocycles. The number of amides is 1. The summed E-state index contributed by atoms with van der Waals surface area (Å²) in [6.07, 6.45) is 0. The minimum Gasteiger partial charge on any atom is -0.422 e. The van der Waals surface area contributed by atoms with Gasteiger partial charge in [-0.15, -0.1) is 0 Å². The standard InChI is InChI=1S/C24H18N2O5/c1-14-7-8-17(13-21(14)26(29)30)23(27)25-18-9-10-19(15(2)11-18)20-12-16-5-3-4-6-22(16)31-24(20)28/h3-13H,1-2H3,(H,25,27). The van der Waals surface area contributed by atoms with Crippen LogP contribution in [0, 0.1) is 24.0 Å². The van der Waals surface area contributed by atoms with Crippen molar-refractivity contribution in [2.24, 2.45) is 0 Å². The fraction of sp³-hybridized carbons (Fsp3) is 0.0833. The Morgan fingerprint density at radius 2 is 1.71 bits per heavy atom. The Balaban J connectivity index is 1.63. The second-order valence-corrected chi connectivity index (χ2v) is 7.23. The summed E-state index contributed by atoms with van der Waals surface area (Å²) in [7, 11) is 0. The van der Waals surface area contributed by atoms with Crippen LogP contribution in [0.2, 0.25) is 0 Å². The summed E-state index contributed by atoms with van der Waals surface area (Å²) in [5.74, 6) is -0.458. The fourth-order valence-electron chi connectivity index (χ4n) is 3.44. The van der Waals surface area contributed by atoms with E-state index in [-0.39, 0.29) is 11.3 Å². The fourth-order valence-corrected chi connectivity index (χ4v) is 3.44. The van der Waals surface area contributed by atoms with Gasteiger partial charge in [0.2, 0.25) is 0 Å². The first-order valence-corrected chi connectivity index (χ1v) is 9.54. The molecule has 3 aromatic carbocycles. The Morgan fingerprint density at radius 3 is 2.45 bits per heavy atom. The van der Waals surface area contributed by atoms with Gasteiger partial charge in [0, 0.05) is 28.3 Å². The van der Waals surface area contributed by atoms with Crippen LogP contribution >= 0.6 is 0 Å². The molecule has 154 valence electrons. The van der Waals surface area contributed by atoms with Crippen molar-refractivity contribution >= 4 is 28.3 Å². The second-order valence-electron chi connectivity index (χ2n) is 7.23. The summed E-state index contributed by atoms with van der Waals surface area (Å²) >= 11 is 0. The van der Waals surface area contributed by atoms with Crippen molar-refractivity contribution in [1.82, 2.24) is 0 Å². The zero-order valence-corrected chi connectivity index (χ0v) is 16.8. The number of anilines is 1. The maximum atomic E-state index is 12.6. The van der Waals surface area contributed by atoms with Crippen molar-refractivity contribution < 1.29 is 14.1 Å². The predicted octanol–water partition coefficient (Wildman–Crippen LogP) is 5.24. The van der Waals surface area contributed by atoms with Crippen LogP contribution in [-0.2, 0) is 0 Å². The maximum absolute atomic E-state index is 12.6. The first kappa shape index (κ1) is 20.0. The van der Waals surface area contributed by atoms with Crippen LogP contribution in [-0.4, -0.2) is 10.8 Å². The Bertz CT molecular complexity index is 1410. The van der Waals surface area contributed by atoms with Crippen molar-refractivity contribution in [2.45, 2.75) is 13.8 Å². The van der Waals surface area contributed by atoms with Gasteiger partial charge in [0.15, 0.2) is 0 Å². The van der Waals surface area contributed by atoms with Gasteiger partial charge < -0.3 is 9.73 Å². The topological polar surface area (TPSA) is 102 Å². The van der Waals surface area contributed by atoms with E-state index in [1.54, 1.807) is 55.5 Å². The van der Waals surface area contributed by atoms with Gasteiger partial charge in [0.1, 0.15) is 5.58 Å². The number of fused-ring (bicyclic) bond motifs is 1. The van der Waals surface area contributed by atoms with E-state index in [4.69, 9.17) is 4.42 Å². The average Bonchev–Trinajstić information content (AvgIpc) is 2.73. The number of nitrogens with one attached hydrogen (secondary N) is 1. The molecule has 0 saturated heterocycles. The van der Waals surface area contributed by atoms with E-state index in [0.717, 1.165) is 10.9 Å². The van der Waals surface area contributed by atoms with Crippen LogP contribution in [0.1, 0.15) is 21.5 Å². The van der Waals surface area contributed by atoms with Crippen LogP contribution in [0.25, 0.3) is 22.1 Å². The molecule has 0 spiro atoms. The normalized spacial score (nSPS) is 10.8. The largest absolute Gasteiger partial charge is 0.422 e. The molecule has 0 radical (unpaired) electrons. The molecule has 7 heteroatoms. The third-order valence-corrected chi connectivity index (χ3v) is 5.08. The van der Waals surface area contributed by atoms with E-state index < -0.39 is 16.5 Å². The van der Waals surface area contributed by atoms with Gasteiger partial charge in [-0.2, -0.15) is 0 Å². The Hall–Kier alpha value is -4.26. The number of rotatable bonds is 4. The lowest BCUT2D eigenvalue weighted by Crippen LogP contribution is -2.12. The van der Waals surface area contributed by atoms with Gasteiger partial charge in [-0.1, -0.05) is 30.3 Å². The summed E-state index contributed by atoms with van der Waals surface area (Å²) in [5, 5.41) is 14.7. The van der Waals surface area contributed by atoms with E-state index in [1.165, 1.54) is 6.07 Å². The van der Waals surface area contributed by atoms with Crippen LogP contribution in [0.5, 0.6) is 0 Å². The highest BCUT2D eigenvalue weighted by Gasteiger charge is 2.16. The Morgan fingerprint density at radius 1 is 0.935 bits per heavy atom. The van der Waals surface area contributed by atoms with Crippen molar-refractivity contribution in [3.63, 3.8) is 0 Å². The highest BCUT2D eigenvalue weighted by Crippen LogP contribution is 2.27. The number of nitrogens with zero attached hydrogens (tertiary/aromatic N) is 1. The third kappa shape index (κ3) is 3.93. The van der Waals surface area contributed by atoms with Crippen LogP contribution in [0.4, 0.5) is 11.4 Å². The number of carbonyl (C=O) groups excluding carboxylic acids is 1. The molecule has 0 aliphatic rings. The van der Waals surface area contributed by atoms with Crippen LogP contribution in [0.3, 0.4) is 0 Å². The quantitative estimate of drug-likeness (QED) is 0.280. The number of nitro benzene ring substituents is 1. The van der Waals surface area contributed by atoms with Crippen molar-refractivity contribution in [1.29, 1.82) is 0 Å². The summed E-state index contributed by atoms with van der Waals surface area (Å²) < 4.78 is 5.41. The SMILES string of the molecule is Cc1cc(NC(=O)c2ccc(C)c([N+](=O)[O-])c2)ccc1-c1cc2ccccc2oc1=O. The van der Waals surface area contributed by atoms with Gasteiger partial charge in [-0.25, -0.2) is 4.79 Å². The predicted molar refractivity (Wildman–Crippen MR) is 118 cm³/mol. The molecule has 1 heterocycles. The molecule has 0 saturated carbocycles. The Kier molecular flexibility index (Phi) is 5.09. The van der Waals surface area contributed by atoms with Gasteiger partial charge in [-0.05, 0) is 55.3 Å². The van der Waals surface area contributed by atoms with E-state index >= 15 is 0 Å². The summed E-state index contributed by atoms with van der Waals surface area (Å²) in [6.45, 7) is 3.45. The first-order valence-electron chi connectivity index (χ1n) is 9.54. The number of aryl methyl sites for hydroxylation is 2. The lowest BCUT2D eigenvalue weighted by Gasteiger charge is -2.10. The van der Waals surface area contributed by atoms with Gasteiger partial charge >= 0.3 is 5.63 Å². The molecule has 0 bridgehead atoms. The van der Waals surface area contributed by atoms with Crippen LogP contribution < -0.4 is 10.9 Å². The average molecular weight is 414 g/mol. The Labute approximate surface area is 177 Å². The summed E-state index contributed by atoms with van der Waals surface area (Å²) in [5.41, 5.74) is 3.06. The molecule has 1 aromatic heterocycles. The monoisotopic (exact) mass is 414 g/mol. The molecule has 1 amide bonds. The number of hydrogen-bond donors (Lipinski definition) is 1. The second kappa shape index (κ2) is 7.87. The molecular weight excluding hydrogens is 396 g/mol. The van der Waals surface area contributed by atoms with E-state index in [9.17, 15) is 19.7 Å². The van der Waals surface area contributed by atoms with E-state index in [2.05, 4.69) is 5.32 Å². The minimum absolute atomic E-state index is 0.109. The van der Waals surface area contributed by atoms with E-state index in [0.29, 0.717) is 28.0 Å². The summed E-state index contributed by atoms with van der Waals surface area (Å²) in [4.78, 5) is 35.6. The lowest BCUT2D eigenvalue weighted by atomic mass is 10.0. The molecular formula is C24H18N2O5. The van der Waals surface area contributed by atoms with Gasteiger partial charge in [0.25, 0.3) is 11.6 Å². The van der Waals surface area contributed by atoms with Crippen molar-refractivity contribution in [3.05, 3.63) is 104 Å². The highest BCUT2D eigenvalue weighted by atomic mass is 16.6. The molecule has 0 atom stereocenters. The number of carbonyl (C=O) groups is 1. The lowest BCUT2D eigenvalue weighted by molar-refractivity contribution is -0.385. The highest BCUT2D eigenvalue weighted by molar-refractivity contribution is 6.05. The molecule has 7 nitrogen and oxygen atoms in total. The molecule has 4 aromatic rings. The van der Waals surface area contributed by atoms with Gasteiger partial charge in [0.05, 0.1) is 10.5 Å². The zero-order valence-electron chi connectivity index (χ0n) is 16.8. The third-order valence-electron chi connectivity index (χ3n) is 5.08. The number of nitro groups is 1. The molecule has 0 unspecified atom stereocenters. The minimum atomic E-state index is -0.514.